The van der Waals surface area contributed by atoms with Crippen molar-refractivity contribution in [1.82, 2.24) is 0 Å². The Kier molecular flexibility index (Phi) is 7.35. The van der Waals surface area contributed by atoms with Gasteiger partial charge in [0.15, 0.2) is 0 Å². The smallest absolute Gasteiger partial charge is 0.747 e. The molecule has 0 heterocycles. The van der Waals surface area contributed by atoms with Gasteiger partial charge in [-0.2, -0.15) is 0 Å². The van der Waals surface area contributed by atoms with Gasteiger partial charge >= 0.3 is 29.6 Å². The number of aliphatic hydroxyl groups excluding tert-OH is 1. The van der Waals surface area contributed by atoms with Gasteiger partial charge in [-0.1, -0.05) is 0 Å². The van der Waals surface area contributed by atoms with Gasteiger partial charge in [0, 0.05) is 6.61 Å². The molecule has 0 aromatic carbocycles. The van der Waals surface area contributed by atoms with Crippen molar-refractivity contribution in [3.05, 3.63) is 0 Å². The summed E-state index contributed by atoms with van der Waals surface area (Å²) in [5.41, 5.74) is 4.80. The first-order valence-corrected chi connectivity index (χ1v) is 3.76. The summed E-state index contributed by atoms with van der Waals surface area (Å²) in [5, 5.41) is 6.65. The van der Waals surface area contributed by atoms with Crippen molar-refractivity contribution in [2.75, 3.05) is 6.61 Å². The van der Waals surface area contributed by atoms with E-state index in [1.54, 1.807) is 0 Å². The van der Waals surface area contributed by atoms with Gasteiger partial charge in [0.25, 0.3) is 0 Å². The van der Waals surface area contributed by atoms with E-state index in [-0.39, 0.29) is 42.6 Å². The van der Waals surface area contributed by atoms with E-state index < -0.39 is 15.5 Å². The van der Waals surface area contributed by atoms with Gasteiger partial charge in [-0.05, 0) is 6.42 Å². The van der Waals surface area contributed by atoms with Crippen LogP contribution in [0.4, 0.5) is 0 Å². The zero-order valence-electron chi connectivity index (χ0n) is 5.65. The summed E-state index contributed by atoms with van der Waals surface area (Å²) in [6, 6.07) is 0. The van der Waals surface area contributed by atoms with Gasteiger partial charge in [0.05, 0.1) is 5.37 Å². The molecule has 7 heteroatoms. The van der Waals surface area contributed by atoms with Crippen LogP contribution in [0.1, 0.15) is 6.42 Å². The average Bonchev–Trinajstić information content (AvgIpc) is 1.64. The van der Waals surface area contributed by atoms with Crippen molar-refractivity contribution >= 4 is 10.1 Å². The maximum Gasteiger partial charge on any atom is 1.00 e. The fourth-order valence-corrected chi connectivity index (χ4v) is 0.666. The van der Waals surface area contributed by atoms with Gasteiger partial charge in [0.1, 0.15) is 10.1 Å². The zero-order valence-corrected chi connectivity index (χ0v) is 8.47. The fourth-order valence-electron chi connectivity index (χ4n) is 0.272. The van der Waals surface area contributed by atoms with Crippen molar-refractivity contribution in [3.8, 4) is 0 Å². The predicted octanol–water partition coefficient (Wildman–Crippen LogP) is -4.80. The van der Waals surface area contributed by atoms with E-state index in [1.165, 1.54) is 0 Å². The Hall–Kier alpha value is 0.830. The number of rotatable bonds is 3. The molecule has 1 unspecified atom stereocenters. The minimum absolute atomic E-state index is 0. The van der Waals surface area contributed by atoms with Crippen molar-refractivity contribution in [1.29, 1.82) is 0 Å². The van der Waals surface area contributed by atoms with E-state index in [1.807, 2.05) is 0 Å². The number of hydrogen-bond donors (Lipinski definition) is 2. The molecule has 0 aliphatic carbocycles. The largest absolute Gasteiger partial charge is 1.00 e. The minimum atomic E-state index is -4.40. The summed E-state index contributed by atoms with van der Waals surface area (Å²) in [4.78, 5) is 0. The molecule has 0 amide bonds. The summed E-state index contributed by atoms with van der Waals surface area (Å²) in [6.07, 6.45) is -0.203. The monoisotopic (exact) mass is 177 g/mol. The molecule has 0 aliphatic heterocycles. The average molecular weight is 177 g/mol. The second-order valence-corrected chi connectivity index (χ2v) is 3.13. The zero-order chi connectivity index (χ0) is 7.49. The standard InChI is InChI=1S/C3H9NO4S.Na/c4-3(1-2-5)9(6,7)8;/h3,5H,1-2,4H2,(H,6,7,8);/q;+1/p-1. The Labute approximate surface area is 81.6 Å². The molecule has 10 heavy (non-hydrogen) atoms. The van der Waals surface area contributed by atoms with E-state index >= 15 is 0 Å². The third-order valence-electron chi connectivity index (χ3n) is 0.784. The quantitative estimate of drug-likeness (QED) is 0.332. The van der Waals surface area contributed by atoms with E-state index in [9.17, 15) is 13.0 Å². The van der Waals surface area contributed by atoms with Gasteiger partial charge < -0.3 is 15.4 Å². The first-order valence-electron chi connectivity index (χ1n) is 2.29. The topological polar surface area (TPSA) is 103 Å². The van der Waals surface area contributed by atoms with Crippen LogP contribution in [-0.4, -0.2) is 30.1 Å². The summed E-state index contributed by atoms with van der Waals surface area (Å²) >= 11 is 0. The van der Waals surface area contributed by atoms with Crippen LogP contribution < -0.4 is 35.3 Å². The Morgan fingerprint density at radius 2 is 2.00 bits per heavy atom. The van der Waals surface area contributed by atoms with Crippen molar-refractivity contribution < 1.29 is 47.6 Å². The summed E-state index contributed by atoms with van der Waals surface area (Å²) in [6.45, 7) is -0.386. The molecule has 0 radical (unpaired) electrons. The van der Waals surface area contributed by atoms with Gasteiger partial charge in [-0.3, -0.25) is 0 Å². The Morgan fingerprint density at radius 3 is 2.10 bits per heavy atom. The number of aliphatic hydroxyl groups is 1. The third kappa shape index (κ3) is 5.60. The Morgan fingerprint density at radius 1 is 1.60 bits per heavy atom. The molecule has 0 spiro atoms. The van der Waals surface area contributed by atoms with Crippen LogP contribution in [0.25, 0.3) is 0 Å². The second kappa shape index (κ2) is 5.48. The summed E-state index contributed by atoms with van der Waals surface area (Å²) < 4.78 is 29.8. The first kappa shape index (κ1) is 13.4. The van der Waals surface area contributed by atoms with Gasteiger partial charge in [-0.25, -0.2) is 8.42 Å². The van der Waals surface area contributed by atoms with Crippen LogP contribution in [-0.2, 0) is 10.1 Å². The van der Waals surface area contributed by atoms with Crippen LogP contribution in [0.5, 0.6) is 0 Å². The molecule has 3 N–H and O–H groups in total. The van der Waals surface area contributed by atoms with E-state index in [0.717, 1.165) is 0 Å². The molecule has 0 saturated carbocycles. The third-order valence-corrected chi connectivity index (χ3v) is 1.76. The van der Waals surface area contributed by atoms with Crippen molar-refractivity contribution in [2.24, 2.45) is 5.73 Å². The van der Waals surface area contributed by atoms with Crippen LogP contribution in [0.3, 0.4) is 0 Å². The van der Waals surface area contributed by atoms with Gasteiger partial charge in [0.2, 0.25) is 0 Å². The SMILES string of the molecule is NC(CCO)S(=O)(=O)[O-].[Na+]. The van der Waals surface area contributed by atoms with Gasteiger partial charge in [-0.15, -0.1) is 0 Å². The fraction of sp³-hybridized carbons (Fsp3) is 1.00. The van der Waals surface area contributed by atoms with Crippen molar-refractivity contribution in [3.63, 3.8) is 0 Å². The van der Waals surface area contributed by atoms with Crippen molar-refractivity contribution in [2.45, 2.75) is 11.8 Å². The minimum Gasteiger partial charge on any atom is -0.747 e. The molecule has 5 nitrogen and oxygen atoms in total. The molecule has 0 aromatic heterocycles. The summed E-state index contributed by atoms with van der Waals surface area (Å²) in [5.74, 6) is 0. The predicted molar refractivity (Wildman–Crippen MR) is 29.4 cm³/mol. The molecule has 0 aliphatic rings. The van der Waals surface area contributed by atoms with E-state index in [2.05, 4.69) is 0 Å². The molecule has 0 aromatic rings. The molecular weight excluding hydrogens is 169 g/mol. The molecule has 0 fully saturated rings. The number of nitrogens with two attached hydrogens (primary N) is 1. The molecule has 0 rings (SSSR count). The Balaban J connectivity index is 0. The van der Waals surface area contributed by atoms with Crippen LogP contribution >= 0.6 is 0 Å². The normalized spacial score (nSPS) is 13.9. The van der Waals surface area contributed by atoms with Crippen LogP contribution in [0.2, 0.25) is 0 Å². The van der Waals surface area contributed by atoms with Crippen LogP contribution in [0, 0.1) is 0 Å². The van der Waals surface area contributed by atoms with E-state index in [0.29, 0.717) is 0 Å². The molecular formula is C3H8NNaO4S. The molecule has 56 valence electrons. The maximum absolute atomic E-state index is 9.93. The summed E-state index contributed by atoms with van der Waals surface area (Å²) in [7, 11) is -4.40. The first-order chi connectivity index (χ1) is 3.98. The van der Waals surface area contributed by atoms with E-state index in [4.69, 9.17) is 10.8 Å². The number of hydrogen-bond acceptors (Lipinski definition) is 5. The maximum atomic E-state index is 9.93. The molecule has 0 saturated heterocycles. The Bertz CT molecular complexity index is 167. The molecule has 1 atom stereocenters. The van der Waals surface area contributed by atoms with Crippen LogP contribution in [0.15, 0.2) is 0 Å². The second-order valence-electron chi connectivity index (χ2n) is 1.54. The molecule has 0 bridgehead atoms.